The van der Waals surface area contributed by atoms with Gasteiger partial charge in [-0.05, 0) is 60.7 Å². The summed E-state index contributed by atoms with van der Waals surface area (Å²) in [7, 11) is 0. The van der Waals surface area contributed by atoms with E-state index in [9.17, 15) is 4.39 Å². The molecule has 0 saturated carbocycles. The SMILES string of the molecule is Cc1cc(F)ccc1CCNC1CC(N)c2ccccc21. The van der Waals surface area contributed by atoms with Gasteiger partial charge in [-0.15, -0.1) is 0 Å². The molecule has 3 rings (SSSR count). The maximum atomic E-state index is 13.1. The van der Waals surface area contributed by atoms with Gasteiger partial charge in [0.25, 0.3) is 0 Å². The zero-order valence-electron chi connectivity index (χ0n) is 12.3. The molecule has 0 bridgehead atoms. The first kappa shape index (κ1) is 14.2. The molecule has 0 spiro atoms. The molecule has 21 heavy (non-hydrogen) atoms. The fraction of sp³-hybridized carbons (Fsp3) is 0.333. The number of benzene rings is 2. The van der Waals surface area contributed by atoms with Crippen LogP contribution in [0, 0.1) is 12.7 Å². The van der Waals surface area contributed by atoms with Crippen molar-refractivity contribution < 1.29 is 4.39 Å². The first-order valence-corrected chi connectivity index (χ1v) is 7.48. The molecule has 0 saturated heterocycles. The van der Waals surface area contributed by atoms with Crippen LogP contribution in [0.3, 0.4) is 0 Å². The monoisotopic (exact) mass is 284 g/mol. The number of hydrogen-bond donors (Lipinski definition) is 2. The lowest BCUT2D eigenvalue weighted by molar-refractivity contribution is 0.501. The minimum Gasteiger partial charge on any atom is -0.324 e. The van der Waals surface area contributed by atoms with E-state index in [1.54, 1.807) is 6.07 Å². The van der Waals surface area contributed by atoms with E-state index in [1.165, 1.54) is 22.8 Å². The van der Waals surface area contributed by atoms with E-state index in [0.717, 1.165) is 24.9 Å². The fourth-order valence-corrected chi connectivity index (χ4v) is 3.19. The zero-order valence-corrected chi connectivity index (χ0v) is 12.3. The maximum Gasteiger partial charge on any atom is 0.123 e. The van der Waals surface area contributed by atoms with Gasteiger partial charge in [-0.1, -0.05) is 30.3 Å². The Kier molecular flexibility index (Phi) is 4.04. The van der Waals surface area contributed by atoms with E-state index in [-0.39, 0.29) is 11.9 Å². The molecule has 0 amide bonds. The average Bonchev–Trinajstić information content (AvgIpc) is 2.79. The smallest absolute Gasteiger partial charge is 0.123 e. The molecule has 3 heteroatoms. The van der Waals surface area contributed by atoms with Crippen molar-refractivity contribution in [2.75, 3.05) is 6.54 Å². The van der Waals surface area contributed by atoms with E-state index >= 15 is 0 Å². The van der Waals surface area contributed by atoms with Crippen molar-refractivity contribution in [3.8, 4) is 0 Å². The Bertz CT molecular complexity index is 639. The molecule has 2 aromatic rings. The van der Waals surface area contributed by atoms with Crippen LogP contribution in [0.1, 0.15) is 40.8 Å². The topological polar surface area (TPSA) is 38.0 Å². The lowest BCUT2D eigenvalue weighted by Gasteiger charge is -2.14. The molecule has 0 heterocycles. The molecule has 110 valence electrons. The van der Waals surface area contributed by atoms with Crippen molar-refractivity contribution in [2.24, 2.45) is 5.73 Å². The Morgan fingerprint density at radius 2 is 1.95 bits per heavy atom. The molecular weight excluding hydrogens is 263 g/mol. The molecule has 2 aromatic carbocycles. The predicted molar refractivity (Wildman–Crippen MR) is 83.6 cm³/mol. The van der Waals surface area contributed by atoms with Crippen LogP contribution in [-0.2, 0) is 6.42 Å². The second kappa shape index (κ2) is 5.96. The molecule has 1 aliphatic rings. The normalized spacial score (nSPS) is 20.5. The summed E-state index contributed by atoms with van der Waals surface area (Å²) in [5, 5.41) is 3.58. The number of halogens is 1. The largest absolute Gasteiger partial charge is 0.324 e. The number of aryl methyl sites for hydroxylation is 1. The van der Waals surface area contributed by atoms with Gasteiger partial charge in [-0.2, -0.15) is 0 Å². The zero-order chi connectivity index (χ0) is 14.8. The van der Waals surface area contributed by atoms with Crippen molar-refractivity contribution in [2.45, 2.75) is 31.8 Å². The van der Waals surface area contributed by atoms with Crippen molar-refractivity contribution in [1.29, 1.82) is 0 Å². The highest BCUT2D eigenvalue weighted by molar-refractivity contribution is 5.37. The van der Waals surface area contributed by atoms with Crippen LogP contribution >= 0.6 is 0 Å². The summed E-state index contributed by atoms with van der Waals surface area (Å²) in [4.78, 5) is 0. The van der Waals surface area contributed by atoms with Crippen molar-refractivity contribution in [1.82, 2.24) is 5.32 Å². The Morgan fingerprint density at radius 1 is 1.19 bits per heavy atom. The third kappa shape index (κ3) is 2.99. The molecule has 0 aliphatic heterocycles. The summed E-state index contributed by atoms with van der Waals surface area (Å²) < 4.78 is 13.1. The Morgan fingerprint density at radius 3 is 2.71 bits per heavy atom. The van der Waals surface area contributed by atoms with Gasteiger partial charge in [0.2, 0.25) is 0 Å². The van der Waals surface area contributed by atoms with E-state index in [1.807, 2.05) is 19.1 Å². The summed E-state index contributed by atoms with van der Waals surface area (Å²) >= 11 is 0. The van der Waals surface area contributed by atoms with Crippen LogP contribution < -0.4 is 11.1 Å². The minimum absolute atomic E-state index is 0.131. The van der Waals surface area contributed by atoms with E-state index in [0.29, 0.717) is 6.04 Å². The van der Waals surface area contributed by atoms with Crippen LogP contribution in [0.2, 0.25) is 0 Å². The van der Waals surface area contributed by atoms with E-state index in [2.05, 4.69) is 23.5 Å². The van der Waals surface area contributed by atoms with Gasteiger partial charge in [0.05, 0.1) is 0 Å². The molecule has 2 nitrogen and oxygen atoms in total. The Labute approximate surface area is 125 Å². The molecule has 0 aromatic heterocycles. The molecule has 0 fully saturated rings. The number of hydrogen-bond acceptors (Lipinski definition) is 2. The summed E-state index contributed by atoms with van der Waals surface area (Å²) in [5.41, 5.74) is 11.0. The van der Waals surface area contributed by atoms with Crippen LogP contribution in [0.5, 0.6) is 0 Å². The highest BCUT2D eigenvalue weighted by Gasteiger charge is 2.27. The third-order valence-corrected chi connectivity index (χ3v) is 4.35. The number of rotatable bonds is 4. The van der Waals surface area contributed by atoms with Crippen molar-refractivity contribution >= 4 is 0 Å². The van der Waals surface area contributed by atoms with Crippen molar-refractivity contribution in [3.63, 3.8) is 0 Å². The van der Waals surface area contributed by atoms with Crippen molar-refractivity contribution in [3.05, 3.63) is 70.5 Å². The van der Waals surface area contributed by atoms with E-state index < -0.39 is 0 Å². The fourth-order valence-electron chi connectivity index (χ4n) is 3.19. The summed E-state index contributed by atoms with van der Waals surface area (Å²) in [5.74, 6) is -0.167. The standard InChI is InChI=1S/C18H21FN2/c1-12-10-14(19)7-6-13(12)8-9-21-18-11-17(20)15-4-2-3-5-16(15)18/h2-7,10,17-18,21H,8-9,11,20H2,1H3. The second-order valence-corrected chi connectivity index (χ2v) is 5.80. The first-order valence-electron chi connectivity index (χ1n) is 7.48. The predicted octanol–water partition coefficient (Wildman–Crippen LogP) is 3.41. The Hall–Kier alpha value is -1.71. The maximum absolute atomic E-state index is 13.1. The second-order valence-electron chi connectivity index (χ2n) is 5.80. The molecule has 1 aliphatic carbocycles. The summed E-state index contributed by atoms with van der Waals surface area (Å²) in [6, 6.07) is 13.8. The summed E-state index contributed by atoms with van der Waals surface area (Å²) in [6.45, 7) is 2.83. The lowest BCUT2D eigenvalue weighted by atomic mass is 10.0. The summed E-state index contributed by atoms with van der Waals surface area (Å²) in [6.07, 6.45) is 1.85. The number of nitrogens with one attached hydrogen (secondary N) is 1. The molecule has 0 radical (unpaired) electrons. The first-order chi connectivity index (χ1) is 10.1. The Balaban J connectivity index is 1.62. The highest BCUT2D eigenvalue weighted by atomic mass is 19.1. The lowest BCUT2D eigenvalue weighted by Crippen LogP contribution is -2.22. The van der Waals surface area contributed by atoms with Gasteiger partial charge in [0.1, 0.15) is 5.82 Å². The van der Waals surface area contributed by atoms with Crippen LogP contribution in [-0.4, -0.2) is 6.54 Å². The minimum atomic E-state index is -0.167. The van der Waals surface area contributed by atoms with Gasteiger partial charge in [0, 0.05) is 12.1 Å². The van der Waals surface area contributed by atoms with Gasteiger partial charge < -0.3 is 11.1 Å². The molecule has 3 N–H and O–H groups in total. The average molecular weight is 284 g/mol. The molecule has 2 atom stereocenters. The number of nitrogens with two attached hydrogens (primary N) is 1. The number of fused-ring (bicyclic) bond motifs is 1. The third-order valence-electron chi connectivity index (χ3n) is 4.35. The van der Waals surface area contributed by atoms with Crippen LogP contribution in [0.15, 0.2) is 42.5 Å². The van der Waals surface area contributed by atoms with Gasteiger partial charge in [-0.3, -0.25) is 0 Å². The van der Waals surface area contributed by atoms with Gasteiger partial charge >= 0.3 is 0 Å². The van der Waals surface area contributed by atoms with E-state index in [4.69, 9.17) is 5.73 Å². The molecule has 2 unspecified atom stereocenters. The highest BCUT2D eigenvalue weighted by Crippen LogP contribution is 2.36. The van der Waals surface area contributed by atoms with Gasteiger partial charge in [0.15, 0.2) is 0 Å². The molecular formula is C18H21FN2. The van der Waals surface area contributed by atoms with Gasteiger partial charge in [-0.25, -0.2) is 4.39 Å². The van der Waals surface area contributed by atoms with Crippen LogP contribution in [0.25, 0.3) is 0 Å². The van der Waals surface area contributed by atoms with Crippen LogP contribution in [0.4, 0.5) is 4.39 Å². The quantitative estimate of drug-likeness (QED) is 0.903.